The van der Waals surface area contributed by atoms with Gasteiger partial charge in [0.15, 0.2) is 0 Å². The maximum Gasteiger partial charge on any atom is 0.352 e. The summed E-state index contributed by atoms with van der Waals surface area (Å²) in [7, 11) is 0. The Morgan fingerprint density at radius 1 is 1.50 bits per heavy atom. The molecule has 0 aliphatic carbocycles. The number of amides is 2. The summed E-state index contributed by atoms with van der Waals surface area (Å²) in [6.45, 7) is 1.71. The predicted octanol–water partition coefficient (Wildman–Crippen LogP) is 1.05. The second-order valence-electron chi connectivity index (χ2n) is 5.20. The van der Waals surface area contributed by atoms with Crippen LogP contribution in [0.3, 0.4) is 0 Å². The fourth-order valence-corrected chi connectivity index (χ4v) is 4.54. The van der Waals surface area contributed by atoms with Gasteiger partial charge in [-0.25, -0.2) is 4.79 Å². The van der Waals surface area contributed by atoms with E-state index in [4.69, 9.17) is 0 Å². The van der Waals surface area contributed by atoms with Gasteiger partial charge in [-0.2, -0.15) is 11.3 Å². The number of β-lactam (4-membered cyclic amide) rings is 1. The Hall–Kier alpha value is -1.80. The monoisotopic (exact) mass is 338 g/mol. The molecule has 0 radical (unpaired) electrons. The number of nitrogens with one attached hydrogen (secondary N) is 1. The van der Waals surface area contributed by atoms with E-state index in [9.17, 15) is 19.5 Å². The molecule has 3 rings (SSSR count). The van der Waals surface area contributed by atoms with E-state index < -0.39 is 12.0 Å². The Kier molecular flexibility index (Phi) is 3.96. The van der Waals surface area contributed by atoms with Crippen molar-refractivity contribution in [3.05, 3.63) is 33.7 Å². The summed E-state index contributed by atoms with van der Waals surface area (Å²) in [6, 6.07) is 1.22. The summed E-state index contributed by atoms with van der Waals surface area (Å²) < 4.78 is 0. The molecule has 6 nitrogen and oxygen atoms in total. The van der Waals surface area contributed by atoms with E-state index in [0.29, 0.717) is 11.3 Å². The fraction of sp³-hybridized carbons (Fsp3) is 0.357. The minimum absolute atomic E-state index is 0.0529. The zero-order chi connectivity index (χ0) is 15.9. The van der Waals surface area contributed by atoms with E-state index in [0.717, 1.165) is 5.56 Å². The summed E-state index contributed by atoms with van der Waals surface area (Å²) in [5.41, 5.74) is 1.63. The predicted molar refractivity (Wildman–Crippen MR) is 83.4 cm³/mol. The summed E-state index contributed by atoms with van der Waals surface area (Å²) in [6.07, 6.45) is 0.228. The fourth-order valence-electron chi connectivity index (χ4n) is 2.58. The van der Waals surface area contributed by atoms with Crippen LogP contribution in [0.5, 0.6) is 0 Å². The van der Waals surface area contributed by atoms with E-state index in [1.165, 1.54) is 28.0 Å². The number of nitrogens with zero attached hydrogens (tertiary/aromatic N) is 1. The third kappa shape index (κ3) is 2.52. The summed E-state index contributed by atoms with van der Waals surface area (Å²) in [5, 5.41) is 15.4. The van der Waals surface area contributed by atoms with Crippen molar-refractivity contribution < 1.29 is 19.5 Å². The lowest BCUT2D eigenvalue weighted by Crippen LogP contribution is -2.70. The van der Waals surface area contributed by atoms with Gasteiger partial charge in [0.1, 0.15) is 17.1 Å². The standard InChI is InChI=1S/C14H14N2O4S2/c1-7-5-22-13-10(12(18)16(13)11(7)14(19)20)15-9(17)4-8-2-3-21-6-8/h2-3,6,10,13H,4-5H2,1H3,(H,15,17)(H,19,20)/t10?,13-/m0/s1. The van der Waals surface area contributed by atoms with Gasteiger partial charge in [0.2, 0.25) is 5.91 Å². The second kappa shape index (κ2) is 5.77. The number of carbonyl (C=O) groups excluding carboxylic acids is 2. The molecule has 2 aliphatic heterocycles. The number of carboxylic acids is 1. The first-order chi connectivity index (χ1) is 10.5. The van der Waals surface area contributed by atoms with Crippen molar-refractivity contribution in [1.29, 1.82) is 0 Å². The Labute approximate surface area is 135 Å². The highest BCUT2D eigenvalue weighted by Crippen LogP contribution is 2.40. The maximum atomic E-state index is 12.2. The number of rotatable bonds is 4. The lowest BCUT2D eigenvalue weighted by Gasteiger charge is -2.49. The van der Waals surface area contributed by atoms with Gasteiger partial charge in [0, 0.05) is 5.75 Å². The molecule has 1 fully saturated rings. The van der Waals surface area contributed by atoms with Crippen molar-refractivity contribution in [2.75, 3.05) is 5.75 Å². The molecule has 3 heterocycles. The van der Waals surface area contributed by atoms with Crippen LogP contribution in [0.25, 0.3) is 0 Å². The van der Waals surface area contributed by atoms with Crippen molar-refractivity contribution in [2.45, 2.75) is 24.8 Å². The highest BCUT2D eigenvalue weighted by atomic mass is 32.2. The van der Waals surface area contributed by atoms with Crippen molar-refractivity contribution in [2.24, 2.45) is 0 Å². The molecular formula is C14H14N2O4S2. The quantitative estimate of drug-likeness (QED) is 0.802. The molecule has 0 spiro atoms. The van der Waals surface area contributed by atoms with Gasteiger partial charge in [-0.1, -0.05) is 0 Å². The SMILES string of the molecule is CC1=C(C(=O)O)N2C(=O)C(NC(=O)Cc3ccsc3)[C@@H]2SC1. The first-order valence-corrected chi connectivity index (χ1v) is 8.66. The van der Waals surface area contributed by atoms with Crippen LogP contribution in [-0.4, -0.2) is 45.0 Å². The van der Waals surface area contributed by atoms with Gasteiger partial charge in [-0.15, -0.1) is 11.8 Å². The van der Waals surface area contributed by atoms with E-state index in [1.807, 2.05) is 16.8 Å². The highest BCUT2D eigenvalue weighted by Gasteiger charge is 2.53. The molecule has 0 saturated carbocycles. The molecule has 2 aliphatic rings. The molecular weight excluding hydrogens is 324 g/mol. The Morgan fingerprint density at radius 3 is 2.91 bits per heavy atom. The Bertz CT molecular complexity index is 668. The average Bonchev–Trinajstić information content (AvgIpc) is 2.97. The average molecular weight is 338 g/mol. The van der Waals surface area contributed by atoms with E-state index in [1.54, 1.807) is 6.92 Å². The number of carbonyl (C=O) groups is 3. The van der Waals surface area contributed by atoms with Crippen LogP contribution in [0, 0.1) is 0 Å². The molecule has 1 unspecified atom stereocenters. The number of thioether (sulfide) groups is 1. The van der Waals surface area contributed by atoms with Gasteiger partial charge in [-0.3, -0.25) is 14.5 Å². The minimum atomic E-state index is -1.10. The third-order valence-electron chi connectivity index (χ3n) is 3.62. The van der Waals surface area contributed by atoms with E-state index >= 15 is 0 Å². The van der Waals surface area contributed by atoms with Gasteiger partial charge in [-0.05, 0) is 34.9 Å². The lowest BCUT2D eigenvalue weighted by molar-refractivity contribution is -0.150. The number of aliphatic carboxylic acids is 1. The largest absolute Gasteiger partial charge is 0.477 e. The van der Waals surface area contributed by atoms with Crippen LogP contribution in [-0.2, 0) is 20.8 Å². The Morgan fingerprint density at radius 2 is 2.27 bits per heavy atom. The van der Waals surface area contributed by atoms with Crippen LogP contribution in [0.1, 0.15) is 12.5 Å². The first kappa shape index (κ1) is 15.1. The summed E-state index contributed by atoms with van der Waals surface area (Å²) >= 11 is 2.99. The van der Waals surface area contributed by atoms with Gasteiger partial charge >= 0.3 is 5.97 Å². The molecule has 8 heteroatoms. The number of carboxylic acid groups (broad SMARTS) is 1. The normalized spacial score (nSPS) is 23.9. The molecule has 2 atom stereocenters. The van der Waals surface area contributed by atoms with E-state index in [-0.39, 0.29) is 29.3 Å². The minimum Gasteiger partial charge on any atom is -0.477 e. The lowest BCUT2D eigenvalue weighted by atomic mass is 10.0. The van der Waals surface area contributed by atoms with Crippen LogP contribution >= 0.6 is 23.1 Å². The molecule has 22 heavy (non-hydrogen) atoms. The topological polar surface area (TPSA) is 86.7 Å². The molecule has 1 aromatic heterocycles. The van der Waals surface area contributed by atoms with Crippen LogP contribution in [0.15, 0.2) is 28.1 Å². The maximum absolute atomic E-state index is 12.2. The molecule has 116 valence electrons. The number of fused-ring (bicyclic) bond motifs is 1. The second-order valence-corrected chi connectivity index (χ2v) is 7.08. The van der Waals surface area contributed by atoms with Crippen molar-refractivity contribution in [1.82, 2.24) is 10.2 Å². The zero-order valence-electron chi connectivity index (χ0n) is 11.7. The van der Waals surface area contributed by atoms with Crippen molar-refractivity contribution in [3.8, 4) is 0 Å². The van der Waals surface area contributed by atoms with Crippen molar-refractivity contribution in [3.63, 3.8) is 0 Å². The molecule has 2 N–H and O–H groups in total. The molecule has 0 aromatic carbocycles. The van der Waals surface area contributed by atoms with Crippen LogP contribution in [0.2, 0.25) is 0 Å². The summed E-state index contributed by atoms with van der Waals surface area (Å²) in [5.74, 6) is -1.13. The van der Waals surface area contributed by atoms with Crippen molar-refractivity contribution >= 4 is 40.9 Å². The first-order valence-electron chi connectivity index (χ1n) is 6.67. The molecule has 2 amide bonds. The molecule has 1 saturated heterocycles. The number of hydrogen-bond donors (Lipinski definition) is 2. The van der Waals surface area contributed by atoms with Crippen LogP contribution in [0.4, 0.5) is 0 Å². The van der Waals surface area contributed by atoms with Crippen LogP contribution < -0.4 is 5.32 Å². The molecule has 1 aromatic rings. The number of hydrogen-bond acceptors (Lipinski definition) is 5. The van der Waals surface area contributed by atoms with Gasteiger partial charge in [0.05, 0.1) is 6.42 Å². The Balaban J connectivity index is 1.68. The molecule has 0 bridgehead atoms. The number of thiophene rings is 1. The summed E-state index contributed by atoms with van der Waals surface area (Å²) in [4.78, 5) is 36.8. The smallest absolute Gasteiger partial charge is 0.352 e. The third-order valence-corrected chi connectivity index (χ3v) is 5.78. The highest BCUT2D eigenvalue weighted by molar-refractivity contribution is 8.00. The van der Waals surface area contributed by atoms with Gasteiger partial charge in [0.25, 0.3) is 5.91 Å². The zero-order valence-corrected chi connectivity index (χ0v) is 13.4. The van der Waals surface area contributed by atoms with E-state index in [2.05, 4.69) is 5.32 Å². The van der Waals surface area contributed by atoms with Gasteiger partial charge < -0.3 is 10.4 Å².